The first kappa shape index (κ1) is 18.4. The minimum atomic E-state index is -1.06. The Morgan fingerprint density at radius 1 is 1.24 bits per heavy atom. The third kappa shape index (κ3) is 5.02. The minimum absolute atomic E-state index is 0.455. The van der Waals surface area contributed by atoms with Gasteiger partial charge in [-0.1, -0.05) is 0 Å². The van der Waals surface area contributed by atoms with Crippen LogP contribution in [0.3, 0.4) is 0 Å². The van der Waals surface area contributed by atoms with Crippen LogP contribution in [0.15, 0.2) is 41.3 Å². The number of aryl methyl sites for hydroxylation is 1. The highest BCUT2D eigenvalue weighted by molar-refractivity contribution is 8.03. The van der Waals surface area contributed by atoms with Gasteiger partial charge in [-0.3, -0.25) is 4.79 Å². The zero-order chi connectivity index (χ0) is 18.4. The van der Waals surface area contributed by atoms with Gasteiger partial charge in [-0.2, -0.15) is 5.26 Å². The van der Waals surface area contributed by atoms with Crippen LogP contribution in [-0.4, -0.2) is 18.5 Å². The lowest BCUT2D eigenvalue weighted by Gasteiger charge is -2.10. The second kappa shape index (κ2) is 8.26. The van der Waals surface area contributed by atoms with Gasteiger partial charge in [0.15, 0.2) is 6.61 Å². The average Bonchev–Trinajstić information content (AvgIpc) is 2.55. The Balaban J connectivity index is 1.94. The lowest BCUT2D eigenvalue weighted by Crippen LogP contribution is -2.21. The normalized spacial score (nSPS) is 10.0. The van der Waals surface area contributed by atoms with E-state index in [-0.39, 0.29) is 0 Å². The molecule has 0 saturated heterocycles. The molecule has 5 nitrogen and oxygen atoms in total. The molecule has 0 heterocycles. The molecule has 1 amide bonds. The highest BCUT2D eigenvalue weighted by Gasteiger charge is 2.16. The smallest absolute Gasteiger partial charge is 0.341 e. The summed E-state index contributed by atoms with van der Waals surface area (Å²) in [5.41, 5.74) is 0.768. The van der Waals surface area contributed by atoms with Gasteiger partial charge >= 0.3 is 5.97 Å². The Labute approximate surface area is 146 Å². The molecular weight excluding hydrogens is 350 g/mol. The number of thioether (sulfide) groups is 1. The van der Waals surface area contributed by atoms with Gasteiger partial charge in [-0.25, -0.2) is 13.6 Å². The van der Waals surface area contributed by atoms with Crippen LogP contribution in [0.4, 0.5) is 14.5 Å². The van der Waals surface area contributed by atoms with Crippen LogP contribution in [-0.2, 0) is 9.53 Å². The summed E-state index contributed by atoms with van der Waals surface area (Å²) in [6, 6.07) is 7.43. The van der Waals surface area contributed by atoms with E-state index in [1.807, 2.05) is 5.40 Å². The summed E-state index contributed by atoms with van der Waals surface area (Å²) in [4.78, 5) is 24.3. The van der Waals surface area contributed by atoms with Crippen molar-refractivity contribution in [2.45, 2.75) is 11.8 Å². The zero-order valence-electron chi connectivity index (χ0n) is 13.0. The van der Waals surface area contributed by atoms with Crippen molar-refractivity contribution in [1.82, 2.24) is 0 Å². The number of thiocyanates is 1. The maximum atomic E-state index is 13.5. The van der Waals surface area contributed by atoms with Crippen LogP contribution in [0.2, 0.25) is 0 Å². The summed E-state index contributed by atoms with van der Waals surface area (Å²) in [5, 5.41) is 13.1. The summed E-state index contributed by atoms with van der Waals surface area (Å²) < 4.78 is 31.0. The van der Waals surface area contributed by atoms with E-state index in [4.69, 9.17) is 10.00 Å². The molecule has 0 aliphatic rings. The fraction of sp³-hybridized carbons (Fsp3) is 0.118. The number of nitrogens with one attached hydrogen (secondary N) is 1. The van der Waals surface area contributed by atoms with Crippen molar-refractivity contribution >= 4 is 29.3 Å². The average molecular weight is 362 g/mol. The molecule has 0 unspecified atom stereocenters. The van der Waals surface area contributed by atoms with E-state index in [1.165, 1.54) is 0 Å². The molecule has 2 rings (SSSR count). The van der Waals surface area contributed by atoms with Crippen molar-refractivity contribution in [3.63, 3.8) is 0 Å². The number of hydrogen-bond acceptors (Lipinski definition) is 5. The van der Waals surface area contributed by atoms with Crippen molar-refractivity contribution < 1.29 is 23.1 Å². The number of benzene rings is 2. The number of amides is 1. The molecule has 25 heavy (non-hydrogen) atoms. The molecular formula is C17H12F2N2O3S. The number of carbonyl (C=O) groups excluding carboxylic acids is 2. The third-order valence-electron chi connectivity index (χ3n) is 3.12. The monoisotopic (exact) mass is 362 g/mol. The van der Waals surface area contributed by atoms with Crippen LogP contribution in [0.25, 0.3) is 0 Å². The van der Waals surface area contributed by atoms with Crippen LogP contribution in [0, 0.1) is 29.2 Å². The standard InChI is InChI=1S/C17H12F2N2O3S/c1-10-6-12(25-9-20)3-5-15(10)21-16(22)8-24-17(23)13-4-2-11(18)7-14(13)19/h2-7H,8H2,1H3,(H,21,22). The number of esters is 1. The van der Waals surface area contributed by atoms with E-state index >= 15 is 0 Å². The lowest BCUT2D eigenvalue weighted by molar-refractivity contribution is -0.119. The Kier molecular flexibility index (Phi) is 6.08. The first-order chi connectivity index (χ1) is 11.9. The summed E-state index contributed by atoms with van der Waals surface area (Å²) in [6.07, 6.45) is 0. The van der Waals surface area contributed by atoms with Crippen molar-refractivity contribution in [3.8, 4) is 5.40 Å². The van der Waals surface area contributed by atoms with E-state index < -0.39 is 35.7 Å². The number of ether oxygens (including phenoxy) is 1. The van der Waals surface area contributed by atoms with E-state index in [9.17, 15) is 18.4 Å². The molecule has 0 radical (unpaired) electrons. The number of carbonyl (C=O) groups is 2. The number of nitrogens with zero attached hydrogens (tertiary/aromatic N) is 1. The molecule has 128 valence electrons. The minimum Gasteiger partial charge on any atom is -0.452 e. The van der Waals surface area contributed by atoms with Crippen LogP contribution >= 0.6 is 11.8 Å². The number of halogens is 2. The van der Waals surface area contributed by atoms with Crippen molar-refractivity contribution in [1.29, 1.82) is 5.26 Å². The predicted molar refractivity (Wildman–Crippen MR) is 87.9 cm³/mol. The summed E-state index contributed by atoms with van der Waals surface area (Å²) in [7, 11) is 0. The molecule has 2 aromatic rings. The summed E-state index contributed by atoms with van der Waals surface area (Å²) in [6.45, 7) is 1.13. The Morgan fingerprint density at radius 2 is 2.00 bits per heavy atom. The fourth-order valence-electron chi connectivity index (χ4n) is 1.94. The Bertz CT molecular complexity index is 865. The first-order valence-corrected chi connectivity index (χ1v) is 7.81. The predicted octanol–water partition coefficient (Wildman–Crippen LogP) is 3.64. The molecule has 0 fully saturated rings. The van der Waals surface area contributed by atoms with Gasteiger partial charge in [0.05, 0.1) is 5.56 Å². The van der Waals surface area contributed by atoms with Crippen LogP contribution in [0.5, 0.6) is 0 Å². The SMILES string of the molecule is Cc1cc(SC#N)ccc1NC(=O)COC(=O)c1ccc(F)cc1F. The lowest BCUT2D eigenvalue weighted by atomic mass is 10.2. The molecule has 0 aliphatic heterocycles. The largest absolute Gasteiger partial charge is 0.452 e. The van der Waals surface area contributed by atoms with E-state index in [0.29, 0.717) is 11.8 Å². The topological polar surface area (TPSA) is 79.2 Å². The van der Waals surface area contributed by atoms with E-state index in [1.54, 1.807) is 25.1 Å². The van der Waals surface area contributed by atoms with Gasteiger partial charge in [0.2, 0.25) is 0 Å². The number of hydrogen-bond donors (Lipinski definition) is 1. The Hall–Kier alpha value is -2.92. The molecule has 0 atom stereocenters. The van der Waals surface area contributed by atoms with E-state index in [0.717, 1.165) is 34.4 Å². The van der Waals surface area contributed by atoms with Gasteiger partial charge in [-0.05, 0) is 54.6 Å². The van der Waals surface area contributed by atoms with E-state index in [2.05, 4.69) is 5.32 Å². The zero-order valence-corrected chi connectivity index (χ0v) is 13.8. The van der Waals surface area contributed by atoms with Crippen molar-refractivity contribution in [3.05, 3.63) is 59.2 Å². The number of rotatable bonds is 5. The molecule has 0 bridgehead atoms. The number of nitriles is 1. The summed E-state index contributed by atoms with van der Waals surface area (Å²) in [5.74, 6) is -3.56. The van der Waals surface area contributed by atoms with Crippen molar-refractivity contribution in [2.75, 3.05) is 11.9 Å². The fourth-order valence-corrected chi connectivity index (χ4v) is 2.42. The van der Waals surface area contributed by atoms with Gasteiger partial charge in [0.1, 0.15) is 17.0 Å². The third-order valence-corrected chi connectivity index (χ3v) is 3.70. The molecule has 1 N–H and O–H groups in total. The Morgan fingerprint density at radius 3 is 2.64 bits per heavy atom. The summed E-state index contributed by atoms with van der Waals surface area (Å²) >= 11 is 0.992. The second-order valence-electron chi connectivity index (χ2n) is 4.92. The maximum absolute atomic E-state index is 13.5. The highest BCUT2D eigenvalue weighted by Crippen LogP contribution is 2.23. The molecule has 0 aromatic heterocycles. The highest BCUT2D eigenvalue weighted by atomic mass is 32.2. The van der Waals surface area contributed by atoms with Crippen LogP contribution in [0.1, 0.15) is 15.9 Å². The maximum Gasteiger partial charge on any atom is 0.341 e. The number of anilines is 1. The quantitative estimate of drug-likeness (QED) is 0.499. The molecule has 0 saturated carbocycles. The first-order valence-electron chi connectivity index (χ1n) is 6.99. The molecule has 8 heteroatoms. The van der Waals surface area contributed by atoms with Gasteiger partial charge in [0.25, 0.3) is 5.91 Å². The van der Waals surface area contributed by atoms with Gasteiger partial charge in [0, 0.05) is 16.6 Å². The second-order valence-corrected chi connectivity index (χ2v) is 5.78. The molecule has 0 spiro atoms. The van der Waals surface area contributed by atoms with Crippen LogP contribution < -0.4 is 5.32 Å². The molecule has 2 aromatic carbocycles. The van der Waals surface area contributed by atoms with Gasteiger partial charge in [-0.15, -0.1) is 0 Å². The van der Waals surface area contributed by atoms with Crippen molar-refractivity contribution in [2.24, 2.45) is 0 Å². The molecule has 0 aliphatic carbocycles. The van der Waals surface area contributed by atoms with Gasteiger partial charge < -0.3 is 10.1 Å².